The van der Waals surface area contributed by atoms with Crippen LogP contribution in [0.15, 0.2) is 64.2 Å². The fourth-order valence-corrected chi connectivity index (χ4v) is 11.2. The van der Waals surface area contributed by atoms with Gasteiger partial charge in [-0.15, -0.1) is 11.3 Å². The van der Waals surface area contributed by atoms with Gasteiger partial charge >= 0.3 is 0 Å². The summed E-state index contributed by atoms with van der Waals surface area (Å²) in [5, 5.41) is 20.6. The molecule has 3 aliphatic heterocycles. The molecule has 0 aliphatic carbocycles. The first kappa shape index (κ1) is 53.0. The fourth-order valence-electron chi connectivity index (χ4n) is 9.33. The summed E-state index contributed by atoms with van der Waals surface area (Å²) in [7, 11) is 0. The maximum Gasteiger partial charge on any atom is 0.246 e. The molecule has 0 radical (unpaired) electrons. The summed E-state index contributed by atoms with van der Waals surface area (Å²) in [6.07, 6.45) is 7.86. The highest BCUT2D eigenvalue weighted by Gasteiger charge is 2.44. The molecule has 7 rings (SSSR count). The highest BCUT2D eigenvalue weighted by atomic mass is 35.5. The standard InChI is InChI=1S/C51H69ClN10O6S2/c1-32-46(69-31-57-32)35-11-12-36(26-56-48(66)39-25-37(64)29-62(39)49(67)47(50(3,4)5)58-33(2)63)40(24-35)68-22-8-17-60-18-13-34(14-19-60)23-43(65)59-38-9-7-10-41(45(38)52)70-44-28-54-42(27-55-44)61-20-15-51(6,30-53)16-21-61/h7,9-12,24,27-28,31,34,37,39,47,64H,8,13-23,25-26,29-30,53H2,1-6H3,(H,56,66)(H,58,63)(H,59,65)/t37-,39+,47-/m1/s1. The molecular weight excluding hydrogens is 948 g/mol. The first-order chi connectivity index (χ1) is 33.4. The molecule has 2 aromatic heterocycles. The smallest absolute Gasteiger partial charge is 0.246 e. The molecule has 19 heteroatoms. The number of nitrogens with one attached hydrogen (secondary N) is 3. The highest BCUT2D eigenvalue weighted by Crippen LogP contribution is 2.38. The van der Waals surface area contributed by atoms with Crippen LogP contribution in [-0.2, 0) is 25.7 Å². The number of likely N-dealkylation sites (tertiary alicyclic amines) is 2. The number of carbonyl (C=O) groups is 4. The molecular formula is C51H69ClN10O6S2. The van der Waals surface area contributed by atoms with Gasteiger partial charge in [0.2, 0.25) is 23.6 Å². The lowest BCUT2D eigenvalue weighted by Gasteiger charge is -2.39. The van der Waals surface area contributed by atoms with E-state index in [9.17, 15) is 24.3 Å². The number of aliphatic hydroxyl groups excluding tert-OH is 1. The molecule has 3 fully saturated rings. The lowest BCUT2D eigenvalue weighted by molar-refractivity contribution is -0.143. The minimum Gasteiger partial charge on any atom is -0.493 e. The number of anilines is 2. The Kier molecular flexibility index (Phi) is 17.8. The second-order valence-corrected chi connectivity index (χ2v) is 22.7. The van der Waals surface area contributed by atoms with E-state index < -0.39 is 29.5 Å². The molecule has 4 amide bonds. The third-order valence-electron chi connectivity index (χ3n) is 13.8. The average Bonchev–Trinajstić information content (AvgIpc) is 3.95. The number of rotatable bonds is 18. The molecule has 378 valence electrons. The fraction of sp³-hybridized carbons (Fsp3) is 0.549. The van der Waals surface area contributed by atoms with Crippen LogP contribution in [0.3, 0.4) is 0 Å². The molecule has 2 aromatic carbocycles. The SMILES string of the molecule is CC(=O)N[C@H](C(=O)N1C[C@H](O)C[C@H]1C(=O)NCc1ccc(-c2scnc2C)cc1OCCCN1CCC(CC(=O)Nc2cccc(Sc3cnc(N4CCC(C)(CN)CC4)cn3)c2Cl)CC1)C(C)(C)C. The Balaban J connectivity index is 0.873. The lowest BCUT2D eigenvalue weighted by atomic mass is 9.80. The number of aliphatic hydroxyl groups is 1. The van der Waals surface area contributed by atoms with Gasteiger partial charge in [-0.3, -0.25) is 19.2 Å². The summed E-state index contributed by atoms with van der Waals surface area (Å²) in [6.45, 7) is 16.8. The molecule has 70 heavy (non-hydrogen) atoms. The largest absolute Gasteiger partial charge is 0.493 e. The van der Waals surface area contributed by atoms with Crippen molar-refractivity contribution >= 4 is 69.8 Å². The predicted octanol–water partition coefficient (Wildman–Crippen LogP) is 6.92. The molecule has 5 heterocycles. The number of ether oxygens (including phenoxy) is 1. The van der Waals surface area contributed by atoms with E-state index in [-0.39, 0.29) is 48.6 Å². The van der Waals surface area contributed by atoms with Crippen molar-refractivity contribution < 1.29 is 29.0 Å². The molecule has 16 nitrogen and oxygen atoms in total. The molecule has 0 saturated carbocycles. The molecule has 3 atom stereocenters. The van der Waals surface area contributed by atoms with Gasteiger partial charge in [-0.1, -0.05) is 69.3 Å². The van der Waals surface area contributed by atoms with Gasteiger partial charge in [-0.05, 0) is 99.2 Å². The predicted molar refractivity (Wildman–Crippen MR) is 276 cm³/mol. The monoisotopic (exact) mass is 1020 g/mol. The number of thiazole rings is 1. The Morgan fingerprint density at radius 2 is 1.81 bits per heavy atom. The normalized spacial score (nSPS) is 19.2. The van der Waals surface area contributed by atoms with Gasteiger partial charge < -0.3 is 46.2 Å². The maximum absolute atomic E-state index is 13.8. The van der Waals surface area contributed by atoms with Crippen molar-refractivity contribution in [3.8, 4) is 16.2 Å². The minimum absolute atomic E-state index is 0.00107. The van der Waals surface area contributed by atoms with Crippen molar-refractivity contribution in [2.45, 2.75) is 121 Å². The van der Waals surface area contributed by atoms with Gasteiger partial charge in [0.25, 0.3) is 0 Å². The number of carbonyl (C=O) groups excluding carboxylic acids is 4. The Hall–Kier alpha value is -4.85. The van der Waals surface area contributed by atoms with Crippen LogP contribution in [0.5, 0.6) is 5.75 Å². The van der Waals surface area contributed by atoms with Gasteiger partial charge in [0.05, 0.1) is 51.9 Å². The zero-order valence-electron chi connectivity index (χ0n) is 41.3. The molecule has 4 aromatic rings. The Morgan fingerprint density at radius 1 is 1.06 bits per heavy atom. The number of β-amino-alcohol motifs (C(OH)–C–C–N with tert-alkyl or cyclic N) is 1. The second-order valence-electron chi connectivity index (χ2n) is 20.4. The molecule has 3 aliphatic rings. The summed E-state index contributed by atoms with van der Waals surface area (Å²) in [5.41, 5.74) is 10.6. The molecule has 3 saturated heterocycles. The number of hydrogen-bond acceptors (Lipinski definition) is 14. The van der Waals surface area contributed by atoms with Crippen LogP contribution in [0.1, 0.15) is 90.8 Å². The van der Waals surface area contributed by atoms with Crippen LogP contribution >= 0.6 is 34.7 Å². The van der Waals surface area contributed by atoms with Crippen molar-refractivity contribution in [3.63, 3.8) is 0 Å². The number of aromatic nitrogens is 3. The van der Waals surface area contributed by atoms with Crippen molar-refractivity contribution in [2.24, 2.45) is 22.5 Å². The second kappa shape index (κ2) is 23.6. The van der Waals surface area contributed by atoms with Crippen LogP contribution in [0, 0.1) is 23.7 Å². The van der Waals surface area contributed by atoms with Gasteiger partial charge in [0, 0.05) is 62.9 Å². The number of halogens is 1. The van der Waals surface area contributed by atoms with Crippen LogP contribution < -0.4 is 31.3 Å². The van der Waals surface area contributed by atoms with E-state index in [1.807, 2.05) is 75.8 Å². The van der Waals surface area contributed by atoms with E-state index in [4.69, 9.17) is 22.1 Å². The summed E-state index contributed by atoms with van der Waals surface area (Å²) in [5.74, 6) is 0.559. The van der Waals surface area contributed by atoms with Crippen LogP contribution in [0.25, 0.3) is 10.4 Å². The molecule has 0 unspecified atom stereocenters. The topological polar surface area (TPSA) is 208 Å². The van der Waals surface area contributed by atoms with E-state index in [1.165, 1.54) is 23.6 Å². The quantitative estimate of drug-likeness (QED) is 0.0643. The Bertz CT molecular complexity index is 2450. The number of benzene rings is 2. The van der Waals surface area contributed by atoms with Crippen molar-refractivity contribution in [3.05, 3.63) is 70.6 Å². The number of amides is 4. The minimum atomic E-state index is -0.895. The third-order valence-corrected chi connectivity index (χ3v) is 16.2. The number of piperidine rings is 2. The first-order valence-electron chi connectivity index (χ1n) is 24.3. The van der Waals surface area contributed by atoms with Crippen LogP contribution in [0.4, 0.5) is 11.5 Å². The third kappa shape index (κ3) is 13.8. The van der Waals surface area contributed by atoms with Gasteiger partial charge in [-0.25, -0.2) is 15.0 Å². The average molecular weight is 1020 g/mol. The van der Waals surface area contributed by atoms with Gasteiger partial charge in [0.1, 0.15) is 28.7 Å². The number of nitrogens with two attached hydrogens (primary N) is 1. The van der Waals surface area contributed by atoms with Crippen molar-refractivity contribution in [1.29, 1.82) is 0 Å². The van der Waals surface area contributed by atoms with Crippen molar-refractivity contribution in [1.82, 2.24) is 35.4 Å². The van der Waals surface area contributed by atoms with E-state index >= 15 is 0 Å². The first-order valence-corrected chi connectivity index (χ1v) is 26.4. The van der Waals surface area contributed by atoms with Gasteiger partial charge in [0.15, 0.2) is 0 Å². The zero-order chi connectivity index (χ0) is 50.2. The molecule has 0 bridgehead atoms. The maximum atomic E-state index is 13.8. The lowest BCUT2D eigenvalue weighted by Crippen LogP contribution is -2.57. The van der Waals surface area contributed by atoms with Crippen LogP contribution in [-0.4, -0.2) is 124 Å². The van der Waals surface area contributed by atoms with E-state index in [0.29, 0.717) is 36.0 Å². The molecule has 0 spiro atoms. The summed E-state index contributed by atoms with van der Waals surface area (Å²) < 4.78 is 6.45. The summed E-state index contributed by atoms with van der Waals surface area (Å²) in [4.78, 5) is 74.5. The highest BCUT2D eigenvalue weighted by molar-refractivity contribution is 7.99. The zero-order valence-corrected chi connectivity index (χ0v) is 43.7. The number of nitrogens with zero attached hydrogens (tertiary/aromatic N) is 6. The van der Waals surface area contributed by atoms with E-state index in [0.717, 1.165) is 102 Å². The van der Waals surface area contributed by atoms with Crippen molar-refractivity contribution in [2.75, 3.05) is 62.6 Å². The van der Waals surface area contributed by atoms with Gasteiger partial charge in [-0.2, -0.15) is 0 Å². The summed E-state index contributed by atoms with van der Waals surface area (Å²) in [6, 6.07) is 9.79. The van der Waals surface area contributed by atoms with Crippen LogP contribution in [0.2, 0.25) is 5.02 Å². The van der Waals surface area contributed by atoms with E-state index in [1.54, 1.807) is 17.5 Å². The number of aryl methyl sites for hydroxylation is 1. The van der Waals surface area contributed by atoms with E-state index in [2.05, 4.69) is 47.6 Å². The Labute approximate surface area is 425 Å². The summed E-state index contributed by atoms with van der Waals surface area (Å²) >= 11 is 9.81. The molecule has 6 N–H and O–H groups in total. The Morgan fingerprint density at radius 3 is 2.47 bits per heavy atom. The number of hydrogen-bond donors (Lipinski definition) is 5.